The molecule has 3 rings (SSSR count). The summed E-state index contributed by atoms with van der Waals surface area (Å²) in [4.78, 5) is 29.3. The molecule has 9 nitrogen and oxygen atoms in total. The van der Waals surface area contributed by atoms with Gasteiger partial charge in [-0.15, -0.1) is 0 Å². The first-order valence-corrected chi connectivity index (χ1v) is 15.6. The Kier molecular flexibility index (Phi) is 10.9. The Hall–Kier alpha value is -4.05. The summed E-state index contributed by atoms with van der Waals surface area (Å²) in [7, 11) is -1.28. The summed E-state index contributed by atoms with van der Waals surface area (Å²) < 4.78 is 40.1. The number of ether oxygens (including phenoxy) is 2. The normalized spacial score (nSPS) is 12.3. The highest BCUT2D eigenvalue weighted by atomic mass is 32.2. The first kappa shape index (κ1) is 33.5. The molecule has 0 unspecified atom stereocenters. The number of aryl methyl sites for hydroxylation is 2. The van der Waals surface area contributed by atoms with E-state index in [1.54, 1.807) is 24.3 Å². The van der Waals surface area contributed by atoms with Crippen LogP contribution in [0, 0.1) is 13.8 Å². The Labute approximate surface area is 255 Å². The zero-order valence-electron chi connectivity index (χ0n) is 26.3. The van der Waals surface area contributed by atoms with Crippen molar-refractivity contribution in [3.05, 3.63) is 83.4 Å². The van der Waals surface area contributed by atoms with Crippen LogP contribution in [-0.4, -0.2) is 57.5 Å². The fraction of sp³-hybridized carbons (Fsp3) is 0.394. The number of methoxy groups -OCH3 is 2. The van der Waals surface area contributed by atoms with E-state index in [2.05, 4.69) is 5.32 Å². The summed E-state index contributed by atoms with van der Waals surface area (Å²) in [6.07, 6.45) is 0.334. The Morgan fingerprint density at radius 2 is 1.53 bits per heavy atom. The first-order chi connectivity index (χ1) is 20.2. The number of hydrogen-bond donors (Lipinski definition) is 1. The van der Waals surface area contributed by atoms with Crippen LogP contribution in [0.3, 0.4) is 0 Å². The summed E-state index contributed by atoms with van der Waals surface area (Å²) in [5.41, 5.74) is 2.40. The van der Waals surface area contributed by atoms with E-state index in [1.807, 2.05) is 65.8 Å². The number of carbonyl (C=O) groups is 2. The lowest BCUT2D eigenvalue weighted by Gasteiger charge is -2.35. The van der Waals surface area contributed by atoms with Gasteiger partial charge in [0, 0.05) is 18.2 Å². The van der Waals surface area contributed by atoms with E-state index in [1.165, 1.54) is 37.3 Å². The minimum absolute atomic E-state index is 0.0312. The van der Waals surface area contributed by atoms with Gasteiger partial charge in [-0.25, -0.2) is 8.42 Å². The van der Waals surface area contributed by atoms with Crippen LogP contribution in [0.2, 0.25) is 0 Å². The summed E-state index contributed by atoms with van der Waals surface area (Å²) in [5, 5.41) is 2.98. The molecule has 43 heavy (non-hydrogen) atoms. The third-order valence-corrected chi connectivity index (χ3v) is 8.82. The molecule has 0 aliphatic rings. The van der Waals surface area contributed by atoms with Crippen LogP contribution in [-0.2, 0) is 26.2 Å². The van der Waals surface area contributed by atoms with Gasteiger partial charge < -0.3 is 19.7 Å². The van der Waals surface area contributed by atoms with Crippen LogP contribution in [0.1, 0.15) is 50.8 Å². The molecule has 0 spiro atoms. The van der Waals surface area contributed by atoms with Crippen LogP contribution in [0.25, 0.3) is 0 Å². The SMILES string of the molecule is CC[C@H](C(=O)NC(C)(C)C)N(Cc1ccccc1C)C(=O)CN(c1ccc(OC)c(OC)c1)S(=O)(=O)c1ccc(C)cc1. The average molecular weight is 610 g/mol. The van der Waals surface area contributed by atoms with Crippen molar-refractivity contribution in [2.75, 3.05) is 25.1 Å². The van der Waals surface area contributed by atoms with E-state index in [0.29, 0.717) is 17.9 Å². The lowest BCUT2D eigenvalue weighted by Crippen LogP contribution is -2.55. The highest BCUT2D eigenvalue weighted by molar-refractivity contribution is 7.92. The molecule has 0 bridgehead atoms. The number of anilines is 1. The molecular formula is C33H43N3O6S. The number of benzene rings is 3. The number of amides is 2. The van der Waals surface area contributed by atoms with Crippen LogP contribution in [0.4, 0.5) is 5.69 Å². The van der Waals surface area contributed by atoms with Crippen LogP contribution >= 0.6 is 0 Å². The molecule has 0 saturated heterocycles. The van der Waals surface area contributed by atoms with Crippen LogP contribution in [0.5, 0.6) is 11.5 Å². The molecule has 3 aromatic rings. The monoisotopic (exact) mass is 609 g/mol. The van der Waals surface area contributed by atoms with Crippen molar-refractivity contribution in [2.24, 2.45) is 0 Å². The number of hydrogen-bond acceptors (Lipinski definition) is 6. The van der Waals surface area contributed by atoms with E-state index < -0.39 is 34.1 Å². The van der Waals surface area contributed by atoms with Gasteiger partial charge in [0.15, 0.2) is 11.5 Å². The van der Waals surface area contributed by atoms with E-state index in [9.17, 15) is 18.0 Å². The fourth-order valence-corrected chi connectivity index (χ4v) is 6.10. The zero-order valence-corrected chi connectivity index (χ0v) is 27.1. The Morgan fingerprint density at radius 1 is 0.907 bits per heavy atom. The van der Waals surface area contributed by atoms with Gasteiger partial charge in [-0.05, 0) is 76.4 Å². The van der Waals surface area contributed by atoms with Crippen molar-refractivity contribution in [3.8, 4) is 11.5 Å². The molecule has 0 saturated carbocycles. The van der Waals surface area contributed by atoms with E-state index >= 15 is 0 Å². The number of rotatable bonds is 12. The maximum absolute atomic E-state index is 14.3. The van der Waals surface area contributed by atoms with Gasteiger partial charge in [-0.3, -0.25) is 13.9 Å². The van der Waals surface area contributed by atoms with Crippen molar-refractivity contribution in [2.45, 2.75) is 71.0 Å². The molecule has 232 valence electrons. The van der Waals surface area contributed by atoms with Crippen LogP contribution in [0.15, 0.2) is 71.6 Å². The third-order valence-electron chi connectivity index (χ3n) is 7.03. The summed E-state index contributed by atoms with van der Waals surface area (Å²) in [5.74, 6) is -0.110. The van der Waals surface area contributed by atoms with Gasteiger partial charge in [0.2, 0.25) is 11.8 Å². The molecule has 0 fully saturated rings. The summed E-state index contributed by atoms with van der Waals surface area (Å²) >= 11 is 0. The smallest absolute Gasteiger partial charge is 0.264 e. The minimum Gasteiger partial charge on any atom is -0.493 e. The zero-order chi connectivity index (χ0) is 31.9. The Bertz CT molecular complexity index is 1530. The van der Waals surface area contributed by atoms with Crippen LogP contribution < -0.4 is 19.1 Å². The second-order valence-electron chi connectivity index (χ2n) is 11.5. The quantitative estimate of drug-likeness (QED) is 0.301. The lowest BCUT2D eigenvalue weighted by atomic mass is 10.0. The Balaban J connectivity index is 2.14. The average Bonchev–Trinajstić information content (AvgIpc) is 2.95. The van der Waals surface area contributed by atoms with Crippen molar-refractivity contribution >= 4 is 27.5 Å². The van der Waals surface area contributed by atoms with Crippen molar-refractivity contribution in [3.63, 3.8) is 0 Å². The van der Waals surface area contributed by atoms with Crippen molar-refractivity contribution in [1.82, 2.24) is 10.2 Å². The van der Waals surface area contributed by atoms with Gasteiger partial charge in [0.05, 0.1) is 24.8 Å². The second kappa shape index (κ2) is 13.9. The molecule has 3 aromatic carbocycles. The molecule has 1 N–H and O–H groups in total. The largest absolute Gasteiger partial charge is 0.493 e. The van der Waals surface area contributed by atoms with E-state index in [4.69, 9.17) is 9.47 Å². The molecule has 0 aromatic heterocycles. The molecule has 10 heteroatoms. The molecule has 0 aliphatic carbocycles. The molecule has 1 atom stereocenters. The number of nitrogens with one attached hydrogen (secondary N) is 1. The van der Waals surface area contributed by atoms with Gasteiger partial charge in [0.25, 0.3) is 10.0 Å². The highest BCUT2D eigenvalue weighted by Gasteiger charge is 2.35. The number of carbonyl (C=O) groups excluding carboxylic acids is 2. The van der Waals surface area contributed by atoms with Crippen molar-refractivity contribution in [1.29, 1.82) is 0 Å². The molecule has 2 amide bonds. The van der Waals surface area contributed by atoms with E-state index in [0.717, 1.165) is 21.0 Å². The molecule has 0 aliphatic heterocycles. The summed E-state index contributed by atoms with van der Waals surface area (Å²) in [6, 6.07) is 17.9. The number of sulfonamides is 1. The molecular weight excluding hydrogens is 566 g/mol. The highest BCUT2D eigenvalue weighted by Crippen LogP contribution is 2.34. The van der Waals surface area contributed by atoms with Gasteiger partial charge in [0.1, 0.15) is 12.6 Å². The lowest BCUT2D eigenvalue weighted by molar-refractivity contribution is -0.141. The minimum atomic E-state index is -4.22. The first-order valence-electron chi connectivity index (χ1n) is 14.2. The predicted molar refractivity (Wildman–Crippen MR) is 169 cm³/mol. The number of nitrogens with zero attached hydrogens (tertiary/aromatic N) is 2. The Morgan fingerprint density at radius 3 is 2.09 bits per heavy atom. The maximum atomic E-state index is 14.3. The van der Waals surface area contributed by atoms with E-state index in [-0.39, 0.29) is 23.0 Å². The topological polar surface area (TPSA) is 105 Å². The second-order valence-corrected chi connectivity index (χ2v) is 13.3. The van der Waals surface area contributed by atoms with Crippen molar-refractivity contribution < 1.29 is 27.5 Å². The summed E-state index contributed by atoms with van der Waals surface area (Å²) in [6.45, 7) is 10.8. The van der Waals surface area contributed by atoms with Gasteiger partial charge >= 0.3 is 0 Å². The standard InChI is InChI=1S/C33H43N3O6S/c1-9-28(32(38)34-33(4,5)6)35(21-25-13-11-10-12-24(25)3)31(37)22-36(26-16-19-29(41-7)30(20-26)42-8)43(39,40)27-17-14-23(2)15-18-27/h10-20,28H,9,21-22H2,1-8H3,(H,34,38)/t28-/m1/s1. The van der Waals surface area contributed by atoms with Gasteiger partial charge in [-0.2, -0.15) is 0 Å². The predicted octanol–water partition coefficient (Wildman–Crippen LogP) is 5.24. The van der Waals surface area contributed by atoms with Gasteiger partial charge in [-0.1, -0.05) is 48.9 Å². The maximum Gasteiger partial charge on any atom is 0.264 e. The third kappa shape index (κ3) is 8.28. The molecule has 0 heterocycles. The fourth-order valence-electron chi connectivity index (χ4n) is 4.69. The molecule has 0 radical (unpaired) electrons.